The number of likely N-dealkylation sites (tertiary alicyclic amines) is 1. The van der Waals surface area contributed by atoms with Crippen molar-refractivity contribution in [2.75, 3.05) is 46.5 Å². The molecule has 2 atom stereocenters. The van der Waals surface area contributed by atoms with E-state index < -0.39 is 0 Å². The molecule has 17 heavy (non-hydrogen) atoms. The van der Waals surface area contributed by atoms with Crippen LogP contribution in [-0.4, -0.2) is 62.0 Å². The Labute approximate surface area is 105 Å². The van der Waals surface area contributed by atoms with Crippen LogP contribution < -0.4 is 5.32 Å². The van der Waals surface area contributed by atoms with E-state index in [0.29, 0.717) is 5.92 Å². The summed E-state index contributed by atoms with van der Waals surface area (Å²) < 4.78 is 5.20. The molecule has 0 saturated carbocycles. The minimum Gasteiger partial charge on any atom is -0.394 e. The molecule has 1 fully saturated rings. The molecule has 0 aromatic rings. The largest absolute Gasteiger partial charge is 0.394 e. The lowest BCUT2D eigenvalue weighted by Crippen LogP contribution is -2.47. The zero-order chi connectivity index (χ0) is 12.7. The number of aliphatic hydroxyl groups excluding tert-OH is 1. The van der Waals surface area contributed by atoms with Gasteiger partial charge in [-0.15, -0.1) is 0 Å². The summed E-state index contributed by atoms with van der Waals surface area (Å²) in [5, 5.41) is 12.8. The number of methoxy groups -OCH3 is 1. The molecule has 0 radical (unpaired) electrons. The zero-order valence-electron chi connectivity index (χ0n) is 11.5. The summed E-state index contributed by atoms with van der Waals surface area (Å²) >= 11 is 0. The molecule has 1 aliphatic heterocycles. The summed E-state index contributed by atoms with van der Waals surface area (Å²) in [6, 6.07) is 0. The highest BCUT2D eigenvalue weighted by atomic mass is 16.5. The van der Waals surface area contributed by atoms with E-state index in [4.69, 9.17) is 4.74 Å². The predicted octanol–water partition coefficient (Wildman–Crippen LogP) is 0.705. The van der Waals surface area contributed by atoms with Gasteiger partial charge in [0.15, 0.2) is 0 Å². The third-order valence-electron chi connectivity index (χ3n) is 3.70. The van der Waals surface area contributed by atoms with Gasteiger partial charge in [-0.3, -0.25) is 0 Å². The van der Waals surface area contributed by atoms with E-state index in [2.05, 4.69) is 24.1 Å². The molecule has 1 heterocycles. The monoisotopic (exact) mass is 244 g/mol. The van der Waals surface area contributed by atoms with Crippen molar-refractivity contribution in [1.82, 2.24) is 10.2 Å². The van der Waals surface area contributed by atoms with Crippen LogP contribution in [0, 0.1) is 5.92 Å². The maximum Gasteiger partial charge on any atom is 0.0611 e. The third-order valence-corrected chi connectivity index (χ3v) is 3.70. The summed E-state index contributed by atoms with van der Waals surface area (Å²) in [6.07, 6.45) is 2.24. The Balaban J connectivity index is 2.26. The van der Waals surface area contributed by atoms with Gasteiger partial charge in [-0.2, -0.15) is 0 Å². The van der Waals surface area contributed by atoms with E-state index in [1.54, 1.807) is 7.11 Å². The second kappa shape index (κ2) is 7.31. The number of ether oxygens (including phenoxy) is 1. The first kappa shape index (κ1) is 14.9. The second-order valence-corrected chi connectivity index (χ2v) is 5.41. The van der Waals surface area contributed by atoms with Crippen molar-refractivity contribution < 1.29 is 9.84 Å². The van der Waals surface area contributed by atoms with Crippen molar-refractivity contribution in [2.24, 2.45) is 5.92 Å². The molecule has 102 valence electrons. The SMILES string of the molecule is CCNC(C)(CO)CCN1CCC(COC)C1. The molecule has 1 aliphatic rings. The Morgan fingerprint density at radius 1 is 1.53 bits per heavy atom. The number of hydrogen-bond donors (Lipinski definition) is 2. The van der Waals surface area contributed by atoms with Gasteiger partial charge in [0.2, 0.25) is 0 Å². The Hall–Kier alpha value is -0.160. The van der Waals surface area contributed by atoms with Crippen molar-refractivity contribution in [1.29, 1.82) is 0 Å². The summed E-state index contributed by atoms with van der Waals surface area (Å²) in [7, 11) is 1.77. The van der Waals surface area contributed by atoms with Gasteiger partial charge in [0.25, 0.3) is 0 Å². The van der Waals surface area contributed by atoms with Crippen LogP contribution in [0.4, 0.5) is 0 Å². The van der Waals surface area contributed by atoms with E-state index in [-0.39, 0.29) is 12.1 Å². The molecule has 0 amide bonds. The molecule has 0 spiro atoms. The molecular weight excluding hydrogens is 216 g/mol. The Kier molecular flexibility index (Phi) is 6.41. The lowest BCUT2D eigenvalue weighted by Gasteiger charge is -2.30. The van der Waals surface area contributed by atoms with E-state index in [0.717, 1.165) is 32.7 Å². The molecule has 2 N–H and O–H groups in total. The minimum absolute atomic E-state index is 0.131. The molecule has 2 unspecified atom stereocenters. The predicted molar refractivity (Wildman–Crippen MR) is 70.2 cm³/mol. The van der Waals surface area contributed by atoms with Crippen molar-refractivity contribution in [3.63, 3.8) is 0 Å². The van der Waals surface area contributed by atoms with Crippen LogP contribution >= 0.6 is 0 Å². The van der Waals surface area contributed by atoms with Gasteiger partial charge in [0.1, 0.15) is 0 Å². The van der Waals surface area contributed by atoms with Crippen molar-refractivity contribution >= 4 is 0 Å². The van der Waals surface area contributed by atoms with Crippen LogP contribution in [0.5, 0.6) is 0 Å². The molecule has 4 nitrogen and oxygen atoms in total. The van der Waals surface area contributed by atoms with Crippen LogP contribution in [0.2, 0.25) is 0 Å². The van der Waals surface area contributed by atoms with Crippen molar-refractivity contribution in [2.45, 2.75) is 32.2 Å². The van der Waals surface area contributed by atoms with Crippen LogP contribution in [0.3, 0.4) is 0 Å². The number of aliphatic hydroxyl groups is 1. The average molecular weight is 244 g/mol. The molecular formula is C13H28N2O2. The summed E-state index contributed by atoms with van der Waals surface area (Å²) in [5.41, 5.74) is -0.131. The zero-order valence-corrected chi connectivity index (χ0v) is 11.5. The average Bonchev–Trinajstić information content (AvgIpc) is 2.75. The molecule has 0 aliphatic carbocycles. The molecule has 0 bridgehead atoms. The van der Waals surface area contributed by atoms with Crippen LogP contribution in [0.25, 0.3) is 0 Å². The van der Waals surface area contributed by atoms with E-state index >= 15 is 0 Å². The lowest BCUT2D eigenvalue weighted by atomic mass is 9.98. The smallest absolute Gasteiger partial charge is 0.0611 e. The molecule has 4 heteroatoms. The maximum atomic E-state index is 9.43. The molecule has 1 rings (SSSR count). The first-order chi connectivity index (χ1) is 8.13. The van der Waals surface area contributed by atoms with Crippen molar-refractivity contribution in [3.05, 3.63) is 0 Å². The fraction of sp³-hybridized carbons (Fsp3) is 1.00. The molecule has 0 aromatic heterocycles. The van der Waals surface area contributed by atoms with E-state index in [9.17, 15) is 5.11 Å². The quantitative estimate of drug-likeness (QED) is 0.660. The standard InChI is InChI=1S/C13H28N2O2/c1-4-14-13(2,11-16)6-8-15-7-5-12(9-15)10-17-3/h12,14,16H,4-11H2,1-3H3. The van der Waals surface area contributed by atoms with Crippen LogP contribution in [0.15, 0.2) is 0 Å². The Bertz CT molecular complexity index is 214. The Morgan fingerprint density at radius 3 is 2.88 bits per heavy atom. The van der Waals surface area contributed by atoms with Crippen LogP contribution in [-0.2, 0) is 4.74 Å². The Morgan fingerprint density at radius 2 is 2.29 bits per heavy atom. The highest BCUT2D eigenvalue weighted by molar-refractivity contribution is 4.84. The number of rotatable bonds is 8. The van der Waals surface area contributed by atoms with Crippen LogP contribution in [0.1, 0.15) is 26.7 Å². The highest BCUT2D eigenvalue weighted by Gasteiger charge is 2.26. The van der Waals surface area contributed by atoms with Gasteiger partial charge in [-0.1, -0.05) is 6.92 Å². The van der Waals surface area contributed by atoms with E-state index in [1.807, 2.05) is 0 Å². The minimum atomic E-state index is -0.131. The number of nitrogens with one attached hydrogen (secondary N) is 1. The van der Waals surface area contributed by atoms with Gasteiger partial charge in [0, 0.05) is 19.2 Å². The first-order valence-electron chi connectivity index (χ1n) is 6.70. The third kappa shape index (κ3) is 4.92. The fourth-order valence-electron chi connectivity index (χ4n) is 2.54. The first-order valence-corrected chi connectivity index (χ1v) is 6.70. The van der Waals surface area contributed by atoms with Gasteiger partial charge in [0.05, 0.1) is 13.2 Å². The highest BCUT2D eigenvalue weighted by Crippen LogP contribution is 2.18. The summed E-state index contributed by atoms with van der Waals surface area (Å²) in [6.45, 7) is 9.53. The van der Waals surface area contributed by atoms with Gasteiger partial charge >= 0.3 is 0 Å². The fourth-order valence-corrected chi connectivity index (χ4v) is 2.54. The second-order valence-electron chi connectivity index (χ2n) is 5.41. The van der Waals surface area contributed by atoms with Gasteiger partial charge in [-0.25, -0.2) is 0 Å². The topological polar surface area (TPSA) is 44.7 Å². The lowest BCUT2D eigenvalue weighted by molar-refractivity contribution is 0.140. The van der Waals surface area contributed by atoms with Crippen molar-refractivity contribution in [3.8, 4) is 0 Å². The number of likely N-dealkylation sites (N-methyl/N-ethyl adjacent to an activating group) is 1. The summed E-state index contributed by atoms with van der Waals surface area (Å²) in [5.74, 6) is 0.694. The summed E-state index contributed by atoms with van der Waals surface area (Å²) in [4.78, 5) is 2.48. The molecule has 0 aromatic carbocycles. The maximum absolute atomic E-state index is 9.43. The number of hydrogen-bond acceptors (Lipinski definition) is 4. The molecule has 1 saturated heterocycles. The normalized spacial score (nSPS) is 25.1. The van der Waals surface area contributed by atoms with E-state index in [1.165, 1.54) is 13.0 Å². The number of nitrogens with zero attached hydrogens (tertiary/aromatic N) is 1. The van der Waals surface area contributed by atoms with Gasteiger partial charge in [-0.05, 0) is 45.3 Å². The van der Waals surface area contributed by atoms with Gasteiger partial charge < -0.3 is 20.1 Å².